The SMILES string of the molecule is CC(C)c1cccc2c(-c3nn[nH]n3)c(=O)n(CCCCc3ccccc3)c-2c1. The van der Waals surface area contributed by atoms with E-state index in [2.05, 4.69) is 70.9 Å². The van der Waals surface area contributed by atoms with E-state index < -0.39 is 0 Å². The Kier molecular flexibility index (Phi) is 5.51. The maximum absolute atomic E-state index is 13.3. The number of hydrogen-bond acceptors (Lipinski definition) is 4. The molecule has 2 aromatic rings. The van der Waals surface area contributed by atoms with Gasteiger partial charge in [0.2, 0.25) is 5.82 Å². The summed E-state index contributed by atoms with van der Waals surface area (Å²) in [4.78, 5) is 13.3. The molecule has 6 heteroatoms. The van der Waals surface area contributed by atoms with Crippen molar-refractivity contribution in [2.45, 2.75) is 45.6 Å². The van der Waals surface area contributed by atoms with Gasteiger partial charge in [0.25, 0.3) is 5.56 Å². The van der Waals surface area contributed by atoms with Gasteiger partial charge in [0.15, 0.2) is 0 Å². The molecule has 2 aliphatic rings. The number of fused-ring (bicyclic) bond motifs is 1. The molecule has 6 nitrogen and oxygen atoms in total. The molecule has 1 aromatic carbocycles. The number of unbranched alkanes of at least 4 members (excludes halogenated alkanes) is 1. The van der Waals surface area contributed by atoms with E-state index in [4.69, 9.17) is 0 Å². The molecule has 4 rings (SSSR count). The first-order valence-corrected chi connectivity index (χ1v) is 10.1. The van der Waals surface area contributed by atoms with Gasteiger partial charge in [-0.15, -0.1) is 10.2 Å². The summed E-state index contributed by atoms with van der Waals surface area (Å²) in [7, 11) is 0. The first-order chi connectivity index (χ1) is 14.1. The van der Waals surface area contributed by atoms with Gasteiger partial charge < -0.3 is 4.57 Å². The Morgan fingerprint density at radius 1 is 1.03 bits per heavy atom. The van der Waals surface area contributed by atoms with Crippen molar-refractivity contribution in [3.05, 3.63) is 76.1 Å². The predicted octanol–water partition coefficient (Wildman–Crippen LogP) is 4.28. The number of aromatic nitrogens is 5. The smallest absolute Gasteiger partial charge is 0.262 e. The average Bonchev–Trinajstić information content (AvgIpc) is 3.26. The van der Waals surface area contributed by atoms with Crippen molar-refractivity contribution in [3.8, 4) is 22.6 Å². The Bertz CT molecular complexity index is 1100. The molecule has 1 N–H and O–H groups in total. The molecular formula is C23H25N5O. The number of rotatable bonds is 7. The Morgan fingerprint density at radius 2 is 1.86 bits per heavy atom. The van der Waals surface area contributed by atoms with Crippen LogP contribution in [0.5, 0.6) is 0 Å². The molecule has 0 fully saturated rings. The van der Waals surface area contributed by atoms with Crippen LogP contribution in [0.15, 0.2) is 59.4 Å². The molecule has 0 saturated heterocycles. The Balaban J connectivity index is 1.67. The van der Waals surface area contributed by atoms with E-state index in [9.17, 15) is 4.79 Å². The third kappa shape index (κ3) is 3.97. The highest BCUT2D eigenvalue weighted by Crippen LogP contribution is 2.31. The zero-order chi connectivity index (χ0) is 20.2. The predicted molar refractivity (Wildman–Crippen MR) is 114 cm³/mol. The van der Waals surface area contributed by atoms with Gasteiger partial charge in [0.1, 0.15) is 0 Å². The number of hydrogen-bond donors (Lipinski definition) is 1. The zero-order valence-electron chi connectivity index (χ0n) is 16.8. The van der Waals surface area contributed by atoms with E-state index in [0.29, 0.717) is 23.9 Å². The third-order valence-electron chi connectivity index (χ3n) is 5.33. The van der Waals surface area contributed by atoms with Crippen LogP contribution in [-0.2, 0) is 13.0 Å². The summed E-state index contributed by atoms with van der Waals surface area (Å²) in [5, 5.41) is 14.2. The van der Waals surface area contributed by atoms with Crippen molar-refractivity contribution >= 4 is 0 Å². The van der Waals surface area contributed by atoms with Crippen molar-refractivity contribution in [1.82, 2.24) is 25.2 Å². The Hall–Kier alpha value is -3.28. The zero-order valence-corrected chi connectivity index (χ0v) is 16.8. The van der Waals surface area contributed by atoms with E-state index in [0.717, 1.165) is 30.5 Å². The molecule has 0 radical (unpaired) electrons. The highest BCUT2D eigenvalue weighted by molar-refractivity contribution is 5.80. The second-order valence-electron chi connectivity index (χ2n) is 7.63. The lowest BCUT2D eigenvalue weighted by molar-refractivity contribution is 0.605. The molecule has 29 heavy (non-hydrogen) atoms. The van der Waals surface area contributed by atoms with E-state index in [1.54, 1.807) is 0 Å². The third-order valence-corrected chi connectivity index (χ3v) is 5.33. The summed E-state index contributed by atoms with van der Waals surface area (Å²) < 4.78 is 1.87. The quantitative estimate of drug-likeness (QED) is 0.480. The number of nitrogens with zero attached hydrogens (tertiary/aromatic N) is 4. The molecule has 148 valence electrons. The summed E-state index contributed by atoms with van der Waals surface area (Å²) in [5.41, 5.74) is 4.79. The molecule has 0 spiro atoms. The molecule has 2 heterocycles. The number of H-pyrrole nitrogens is 1. The van der Waals surface area contributed by atoms with Crippen LogP contribution in [-0.4, -0.2) is 25.2 Å². The van der Waals surface area contributed by atoms with Crippen LogP contribution in [0.3, 0.4) is 0 Å². The second kappa shape index (κ2) is 8.39. The molecular weight excluding hydrogens is 362 g/mol. The van der Waals surface area contributed by atoms with Crippen LogP contribution in [0.4, 0.5) is 0 Å². The molecule has 0 amide bonds. The van der Waals surface area contributed by atoms with Gasteiger partial charge in [-0.25, -0.2) is 0 Å². The lowest BCUT2D eigenvalue weighted by Crippen LogP contribution is -2.17. The number of benzene rings is 1. The number of aryl methyl sites for hydroxylation is 1. The molecule has 1 aromatic heterocycles. The van der Waals surface area contributed by atoms with Crippen molar-refractivity contribution in [2.75, 3.05) is 0 Å². The topological polar surface area (TPSA) is 76.5 Å². The van der Waals surface area contributed by atoms with Gasteiger partial charge in [-0.05, 0) is 47.6 Å². The number of nitrogens with one attached hydrogen (secondary N) is 1. The molecule has 1 aliphatic carbocycles. The first kappa shape index (κ1) is 19.1. The molecule has 0 bridgehead atoms. The Labute approximate surface area is 170 Å². The van der Waals surface area contributed by atoms with E-state index in [-0.39, 0.29) is 5.56 Å². The number of aromatic amines is 1. The van der Waals surface area contributed by atoms with Crippen molar-refractivity contribution in [1.29, 1.82) is 0 Å². The van der Waals surface area contributed by atoms with Crippen LogP contribution in [0.25, 0.3) is 22.6 Å². The van der Waals surface area contributed by atoms with Gasteiger partial charge in [0, 0.05) is 12.1 Å². The maximum atomic E-state index is 13.3. The van der Waals surface area contributed by atoms with E-state index in [1.807, 2.05) is 22.8 Å². The minimum Gasteiger partial charge on any atom is -0.308 e. The summed E-state index contributed by atoms with van der Waals surface area (Å²) in [6.07, 6.45) is 2.96. The fourth-order valence-corrected chi connectivity index (χ4v) is 3.73. The van der Waals surface area contributed by atoms with Crippen molar-refractivity contribution < 1.29 is 0 Å². The van der Waals surface area contributed by atoms with Crippen LogP contribution < -0.4 is 5.56 Å². The maximum Gasteiger partial charge on any atom is 0.262 e. The molecule has 1 aliphatic heterocycles. The molecule has 0 saturated carbocycles. The lowest BCUT2D eigenvalue weighted by atomic mass is 10.0. The largest absolute Gasteiger partial charge is 0.308 e. The normalized spacial score (nSPS) is 11.4. The van der Waals surface area contributed by atoms with Crippen LogP contribution in [0.1, 0.15) is 43.7 Å². The van der Waals surface area contributed by atoms with Crippen LogP contribution in [0, 0.1) is 0 Å². The van der Waals surface area contributed by atoms with E-state index >= 15 is 0 Å². The fourth-order valence-electron chi connectivity index (χ4n) is 3.73. The van der Waals surface area contributed by atoms with Gasteiger partial charge in [0.05, 0.1) is 11.3 Å². The van der Waals surface area contributed by atoms with Crippen LogP contribution >= 0.6 is 0 Å². The minimum absolute atomic E-state index is 0.0537. The average molecular weight is 387 g/mol. The first-order valence-electron chi connectivity index (χ1n) is 10.1. The summed E-state index contributed by atoms with van der Waals surface area (Å²) in [6, 6.07) is 18.7. The van der Waals surface area contributed by atoms with Crippen molar-refractivity contribution in [2.24, 2.45) is 0 Å². The van der Waals surface area contributed by atoms with Gasteiger partial charge in [-0.1, -0.05) is 62.4 Å². The molecule has 0 unspecified atom stereocenters. The highest BCUT2D eigenvalue weighted by atomic mass is 16.1. The second-order valence-corrected chi connectivity index (χ2v) is 7.63. The lowest BCUT2D eigenvalue weighted by Gasteiger charge is -2.08. The fraction of sp³-hybridized carbons (Fsp3) is 0.304. The van der Waals surface area contributed by atoms with Crippen molar-refractivity contribution in [3.63, 3.8) is 0 Å². The standard InChI is InChI=1S/C23H25N5O/c1-16(2)18-12-8-13-19-20(15-18)28(23(29)21(19)22-24-26-27-25-22)14-7-6-11-17-9-4-3-5-10-17/h3-5,8-10,12-13,15-16H,6-7,11,14H2,1-2H3,(H,24,25,26,27). The van der Waals surface area contributed by atoms with Gasteiger partial charge in [-0.2, -0.15) is 5.21 Å². The monoisotopic (exact) mass is 387 g/mol. The van der Waals surface area contributed by atoms with Gasteiger partial charge >= 0.3 is 0 Å². The number of tetrazole rings is 1. The molecule has 0 atom stereocenters. The summed E-state index contributed by atoms with van der Waals surface area (Å²) >= 11 is 0. The van der Waals surface area contributed by atoms with Crippen LogP contribution in [0.2, 0.25) is 0 Å². The summed E-state index contributed by atoms with van der Waals surface area (Å²) in [6.45, 7) is 4.99. The highest BCUT2D eigenvalue weighted by Gasteiger charge is 2.24. The Morgan fingerprint density at radius 3 is 2.59 bits per heavy atom. The van der Waals surface area contributed by atoms with E-state index in [1.165, 1.54) is 11.1 Å². The summed E-state index contributed by atoms with van der Waals surface area (Å²) in [5.74, 6) is 0.719. The minimum atomic E-state index is -0.0537. The van der Waals surface area contributed by atoms with Gasteiger partial charge in [-0.3, -0.25) is 4.79 Å².